The molecule has 0 spiro atoms. The van der Waals surface area contributed by atoms with Gasteiger partial charge in [-0.2, -0.15) is 0 Å². The average Bonchev–Trinajstić information content (AvgIpc) is 3.16. The van der Waals surface area contributed by atoms with Crippen molar-refractivity contribution in [3.63, 3.8) is 0 Å². The molecule has 2 heterocycles. The van der Waals surface area contributed by atoms with E-state index in [0.29, 0.717) is 11.4 Å². The molecule has 0 saturated carbocycles. The smallest absolute Gasteiger partial charge is 0.325 e. The molecule has 23 heavy (non-hydrogen) atoms. The molecule has 1 atom stereocenters. The summed E-state index contributed by atoms with van der Waals surface area (Å²) in [5.74, 6) is -0.189. The first-order valence-electron chi connectivity index (χ1n) is 7.38. The number of carbonyl (C=O) groups excluding carboxylic acids is 2. The zero-order valence-corrected chi connectivity index (χ0v) is 13.0. The molecule has 1 unspecified atom stereocenters. The van der Waals surface area contributed by atoms with Crippen molar-refractivity contribution >= 4 is 39.0 Å². The predicted octanol–water partition coefficient (Wildman–Crippen LogP) is 3.57. The van der Waals surface area contributed by atoms with Crippen LogP contribution in [0, 0.1) is 0 Å². The van der Waals surface area contributed by atoms with E-state index < -0.39 is 6.04 Å². The van der Waals surface area contributed by atoms with Gasteiger partial charge in [0.2, 0.25) is 0 Å². The van der Waals surface area contributed by atoms with Crippen LogP contribution in [0.25, 0.3) is 10.8 Å². The Bertz CT molecular complexity index is 889. The fourth-order valence-electron chi connectivity index (χ4n) is 2.88. The van der Waals surface area contributed by atoms with Crippen LogP contribution in [-0.2, 0) is 11.2 Å². The van der Waals surface area contributed by atoms with Crippen molar-refractivity contribution in [1.82, 2.24) is 5.32 Å². The van der Waals surface area contributed by atoms with E-state index in [0.717, 1.165) is 10.9 Å². The molecule has 1 saturated heterocycles. The number of urea groups is 1. The summed E-state index contributed by atoms with van der Waals surface area (Å²) in [6.07, 6.45) is 0.497. The summed E-state index contributed by atoms with van der Waals surface area (Å²) < 4.78 is 0. The lowest BCUT2D eigenvalue weighted by Gasteiger charge is -2.11. The Morgan fingerprint density at radius 3 is 2.61 bits per heavy atom. The van der Waals surface area contributed by atoms with Gasteiger partial charge in [0.05, 0.1) is 0 Å². The molecular weight excluding hydrogens is 308 g/mol. The first-order chi connectivity index (χ1) is 11.2. The van der Waals surface area contributed by atoms with E-state index in [2.05, 4.69) is 17.4 Å². The van der Waals surface area contributed by atoms with E-state index in [1.54, 1.807) is 6.07 Å². The highest BCUT2D eigenvalue weighted by atomic mass is 32.1. The standard InChI is InChI=1S/C18H14N2O2S/c21-17-15(19-18(22)20(17)16-6-3-9-23-16)11-12-7-8-13-4-1-2-5-14(13)10-12/h1-10,15H,11H2,(H,19,22). The number of carbonyl (C=O) groups is 2. The molecule has 4 nitrogen and oxygen atoms in total. The minimum Gasteiger partial charge on any atom is -0.325 e. The number of hydrogen-bond acceptors (Lipinski definition) is 3. The molecule has 3 amide bonds. The van der Waals surface area contributed by atoms with Gasteiger partial charge in [-0.3, -0.25) is 4.79 Å². The zero-order valence-electron chi connectivity index (χ0n) is 12.2. The fourth-order valence-corrected chi connectivity index (χ4v) is 3.61. The highest BCUT2D eigenvalue weighted by molar-refractivity contribution is 7.14. The highest BCUT2D eigenvalue weighted by Crippen LogP contribution is 2.26. The Kier molecular flexibility index (Phi) is 3.35. The molecule has 1 aliphatic rings. The second-order valence-electron chi connectivity index (χ2n) is 5.51. The number of rotatable bonds is 3. The largest absolute Gasteiger partial charge is 0.330 e. The van der Waals surface area contributed by atoms with Crippen LogP contribution >= 0.6 is 11.3 Å². The topological polar surface area (TPSA) is 49.4 Å². The molecule has 0 radical (unpaired) electrons. The molecule has 5 heteroatoms. The maximum absolute atomic E-state index is 12.5. The Labute approximate surface area is 137 Å². The molecule has 0 bridgehead atoms. The molecule has 4 rings (SSSR count). The summed E-state index contributed by atoms with van der Waals surface area (Å²) in [4.78, 5) is 25.9. The van der Waals surface area contributed by atoms with Crippen molar-refractivity contribution < 1.29 is 9.59 Å². The average molecular weight is 322 g/mol. The molecule has 0 aliphatic carbocycles. The number of benzene rings is 2. The zero-order chi connectivity index (χ0) is 15.8. The Morgan fingerprint density at radius 2 is 1.83 bits per heavy atom. The molecule has 1 aliphatic heterocycles. The predicted molar refractivity (Wildman–Crippen MR) is 91.8 cm³/mol. The number of thiophene rings is 1. The summed E-state index contributed by atoms with van der Waals surface area (Å²) in [6.45, 7) is 0. The van der Waals surface area contributed by atoms with Crippen molar-refractivity contribution in [3.8, 4) is 0 Å². The monoisotopic (exact) mass is 322 g/mol. The van der Waals surface area contributed by atoms with Crippen molar-refractivity contribution in [2.75, 3.05) is 4.90 Å². The third-order valence-electron chi connectivity index (χ3n) is 4.00. The fraction of sp³-hybridized carbons (Fsp3) is 0.111. The Hall–Kier alpha value is -2.66. The van der Waals surface area contributed by atoms with Crippen LogP contribution in [0.1, 0.15) is 5.56 Å². The van der Waals surface area contributed by atoms with Crippen LogP contribution in [0.4, 0.5) is 9.80 Å². The van der Waals surface area contributed by atoms with Crippen LogP contribution in [0.2, 0.25) is 0 Å². The Balaban J connectivity index is 1.59. The quantitative estimate of drug-likeness (QED) is 0.750. The van der Waals surface area contributed by atoms with Gasteiger partial charge in [-0.1, -0.05) is 42.5 Å². The number of nitrogens with zero attached hydrogens (tertiary/aromatic N) is 1. The van der Waals surface area contributed by atoms with Gasteiger partial charge in [0.15, 0.2) is 0 Å². The summed E-state index contributed by atoms with van der Waals surface area (Å²) in [5, 5.41) is 7.60. The molecule has 1 fully saturated rings. The van der Waals surface area contributed by atoms with E-state index in [-0.39, 0.29) is 11.9 Å². The van der Waals surface area contributed by atoms with E-state index in [1.165, 1.54) is 21.6 Å². The van der Waals surface area contributed by atoms with Gasteiger partial charge in [0, 0.05) is 6.42 Å². The van der Waals surface area contributed by atoms with Crippen molar-refractivity contribution in [1.29, 1.82) is 0 Å². The molecular formula is C18H14N2O2S. The van der Waals surface area contributed by atoms with E-state index in [4.69, 9.17) is 0 Å². The number of anilines is 1. The molecule has 2 aromatic carbocycles. The number of nitrogens with one attached hydrogen (secondary N) is 1. The van der Waals surface area contributed by atoms with Crippen LogP contribution in [-0.4, -0.2) is 18.0 Å². The third kappa shape index (κ3) is 2.49. The van der Waals surface area contributed by atoms with Gasteiger partial charge < -0.3 is 5.32 Å². The summed E-state index contributed by atoms with van der Waals surface area (Å²) in [6, 6.07) is 17.0. The van der Waals surface area contributed by atoms with E-state index >= 15 is 0 Å². The second kappa shape index (κ2) is 5.52. The second-order valence-corrected chi connectivity index (χ2v) is 6.44. The number of fused-ring (bicyclic) bond motifs is 1. The van der Waals surface area contributed by atoms with Gasteiger partial charge in [0.1, 0.15) is 11.0 Å². The summed E-state index contributed by atoms with van der Waals surface area (Å²) >= 11 is 1.38. The molecule has 1 aromatic heterocycles. The minimum absolute atomic E-state index is 0.189. The molecule has 1 N–H and O–H groups in total. The number of amides is 3. The lowest BCUT2D eigenvalue weighted by molar-refractivity contribution is -0.118. The number of imide groups is 1. The van der Waals surface area contributed by atoms with Gasteiger partial charge in [-0.25, -0.2) is 9.69 Å². The third-order valence-corrected chi connectivity index (χ3v) is 4.85. The minimum atomic E-state index is -0.509. The van der Waals surface area contributed by atoms with Crippen molar-refractivity contribution in [3.05, 3.63) is 65.5 Å². The van der Waals surface area contributed by atoms with E-state index in [9.17, 15) is 9.59 Å². The summed E-state index contributed by atoms with van der Waals surface area (Å²) in [7, 11) is 0. The van der Waals surface area contributed by atoms with Gasteiger partial charge >= 0.3 is 6.03 Å². The van der Waals surface area contributed by atoms with Crippen LogP contribution in [0.3, 0.4) is 0 Å². The van der Waals surface area contributed by atoms with E-state index in [1.807, 2.05) is 41.8 Å². The van der Waals surface area contributed by atoms with Gasteiger partial charge in [-0.05, 0) is 33.8 Å². The maximum atomic E-state index is 12.5. The molecule has 114 valence electrons. The Morgan fingerprint density at radius 1 is 1.00 bits per heavy atom. The SMILES string of the molecule is O=C1NC(Cc2ccc3ccccc3c2)C(=O)N1c1cccs1. The summed E-state index contributed by atoms with van der Waals surface area (Å²) in [5.41, 5.74) is 1.04. The van der Waals surface area contributed by atoms with Crippen molar-refractivity contribution in [2.24, 2.45) is 0 Å². The van der Waals surface area contributed by atoms with Crippen LogP contribution < -0.4 is 10.2 Å². The lowest BCUT2D eigenvalue weighted by atomic mass is 10.0. The first-order valence-corrected chi connectivity index (χ1v) is 8.26. The maximum Gasteiger partial charge on any atom is 0.330 e. The van der Waals surface area contributed by atoms with Crippen LogP contribution in [0.5, 0.6) is 0 Å². The van der Waals surface area contributed by atoms with Gasteiger partial charge in [0.25, 0.3) is 5.91 Å². The number of hydrogen-bond donors (Lipinski definition) is 1. The lowest BCUT2D eigenvalue weighted by Crippen LogP contribution is -2.32. The van der Waals surface area contributed by atoms with Crippen molar-refractivity contribution in [2.45, 2.75) is 12.5 Å². The molecule has 3 aromatic rings. The first kappa shape index (κ1) is 14.0. The van der Waals surface area contributed by atoms with Gasteiger partial charge in [-0.15, -0.1) is 11.3 Å². The normalized spacial score (nSPS) is 17.7. The highest BCUT2D eigenvalue weighted by Gasteiger charge is 2.39. The van der Waals surface area contributed by atoms with Crippen LogP contribution in [0.15, 0.2) is 60.0 Å².